The lowest BCUT2D eigenvalue weighted by Crippen LogP contribution is -2.71. The van der Waals surface area contributed by atoms with Gasteiger partial charge in [-0.3, -0.25) is 0 Å². The van der Waals surface area contributed by atoms with E-state index in [-0.39, 0.29) is 12.1 Å². The number of anilines is 3. The van der Waals surface area contributed by atoms with Gasteiger partial charge in [-0.1, -0.05) is 24.0 Å². The predicted molar refractivity (Wildman–Crippen MR) is 114 cm³/mol. The summed E-state index contributed by atoms with van der Waals surface area (Å²) in [7, 11) is 0. The van der Waals surface area contributed by atoms with Crippen LogP contribution in [0.4, 0.5) is 23.1 Å². The van der Waals surface area contributed by atoms with Crippen molar-refractivity contribution in [3.8, 4) is 0 Å². The number of hydrogen-bond acceptors (Lipinski definition) is 9. The Hall–Kier alpha value is -2.92. The first-order valence-corrected chi connectivity index (χ1v) is 9.62. The quantitative estimate of drug-likeness (QED) is 0.112. The van der Waals surface area contributed by atoms with Crippen LogP contribution in [-0.4, -0.2) is 39.6 Å². The van der Waals surface area contributed by atoms with Crippen molar-refractivity contribution < 1.29 is 10.5 Å². The molecule has 1 aromatic heterocycles. The molecule has 0 amide bonds. The van der Waals surface area contributed by atoms with Crippen LogP contribution >= 0.6 is 0 Å². The molecule has 1 aromatic carbocycles. The third kappa shape index (κ3) is 5.78. The summed E-state index contributed by atoms with van der Waals surface area (Å²) >= 11 is 0. The van der Waals surface area contributed by atoms with Gasteiger partial charge < -0.3 is 32.6 Å². The lowest BCUT2D eigenvalue weighted by Gasteiger charge is -2.29. The first-order valence-electron chi connectivity index (χ1n) is 9.62. The van der Waals surface area contributed by atoms with Crippen molar-refractivity contribution in [3.63, 3.8) is 0 Å². The van der Waals surface area contributed by atoms with Crippen LogP contribution < -0.4 is 27.5 Å². The highest BCUT2D eigenvalue weighted by Gasteiger charge is 2.23. The summed E-state index contributed by atoms with van der Waals surface area (Å²) in [5.74, 6) is 0.861. The largest absolute Gasteiger partial charge is 0.374 e. The SMILES string of the molecule is N=C/C=N\[NH2+]c1cccc(Nc2nc(N[C@@H]3CCCC[C@@H]3N)ncc2C(N)O)c1. The maximum Gasteiger partial charge on any atom is 0.224 e. The second-order valence-corrected chi connectivity index (χ2v) is 6.99. The molecule has 0 bridgehead atoms. The van der Waals surface area contributed by atoms with Crippen LogP contribution in [0.2, 0.25) is 0 Å². The summed E-state index contributed by atoms with van der Waals surface area (Å²) in [5, 5.41) is 27.4. The van der Waals surface area contributed by atoms with Gasteiger partial charge in [0.05, 0.1) is 5.56 Å². The van der Waals surface area contributed by atoms with Crippen molar-refractivity contribution in [3.05, 3.63) is 36.0 Å². The summed E-state index contributed by atoms with van der Waals surface area (Å²) in [6, 6.07) is 7.69. The molecule has 1 saturated carbocycles. The van der Waals surface area contributed by atoms with E-state index in [1.165, 1.54) is 12.4 Å². The van der Waals surface area contributed by atoms with Crippen LogP contribution in [0.1, 0.15) is 37.5 Å². The number of quaternary nitrogens is 1. The molecule has 2 aromatic rings. The average Bonchev–Trinajstić information content (AvgIpc) is 2.70. The van der Waals surface area contributed by atoms with Gasteiger partial charge in [-0.05, 0) is 18.9 Å². The Morgan fingerprint density at radius 3 is 2.93 bits per heavy atom. The molecule has 0 saturated heterocycles. The van der Waals surface area contributed by atoms with Crippen LogP contribution in [-0.2, 0) is 0 Å². The van der Waals surface area contributed by atoms with Gasteiger partial charge in [0.1, 0.15) is 18.3 Å². The molecule has 29 heavy (non-hydrogen) atoms. The molecule has 10 heteroatoms. The number of nitrogens with zero attached hydrogens (tertiary/aromatic N) is 3. The van der Waals surface area contributed by atoms with E-state index in [0.717, 1.165) is 43.3 Å². The van der Waals surface area contributed by atoms with Crippen LogP contribution in [0.5, 0.6) is 0 Å². The Morgan fingerprint density at radius 1 is 1.34 bits per heavy atom. The van der Waals surface area contributed by atoms with E-state index in [9.17, 15) is 5.11 Å². The van der Waals surface area contributed by atoms with Crippen molar-refractivity contribution in [1.29, 1.82) is 5.41 Å². The van der Waals surface area contributed by atoms with Gasteiger partial charge in [0.2, 0.25) is 5.95 Å². The van der Waals surface area contributed by atoms with Crippen molar-refractivity contribution in [1.82, 2.24) is 9.97 Å². The smallest absolute Gasteiger partial charge is 0.224 e. The second kappa shape index (κ2) is 10.0. The van der Waals surface area contributed by atoms with Gasteiger partial charge in [0.25, 0.3) is 0 Å². The number of aromatic nitrogens is 2. The second-order valence-electron chi connectivity index (χ2n) is 6.99. The molecule has 1 aliphatic carbocycles. The number of rotatable bonds is 8. The van der Waals surface area contributed by atoms with E-state index in [2.05, 4.69) is 25.7 Å². The lowest BCUT2D eigenvalue weighted by atomic mass is 9.91. The first-order chi connectivity index (χ1) is 14.1. The topological polar surface area (TPSA) is 175 Å². The number of hydrogen-bond donors (Lipinski definition) is 7. The minimum atomic E-state index is -1.21. The zero-order chi connectivity index (χ0) is 20.6. The van der Waals surface area contributed by atoms with Crippen molar-refractivity contribution in [2.75, 3.05) is 10.6 Å². The highest BCUT2D eigenvalue weighted by Crippen LogP contribution is 2.25. The molecular formula is C19H28N9O+. The van der Waals surface area contributed by atoms with Crippen molar-refractivity contribution in [2.45, 2.75) is 44.0 Å². The fourth-order valence-corrected chi connectivity index (χ4v) is 3.29. The van der Waals surface area contributed by atoms with Gasteiger partial charge >= 0.3 is 0 Å². The molecule has 1 fully saturated rings. The van der Waals surface area contributed by atoms with E-state index in [1.807, 2.05) is 24.3 Å². The van der Waals surface area contributed by atoms with Crippen molar-refractivity contribution >= 4 is 35.6 Å². The van der Waals surface area contributed by atoms with Gasteiger partial charge in [-0.25, -0.2) is 4.98 Å². The molecule has 3 atom stereocenters. The fraction of sp³-hybridized carbons (Fsp3) is 0.368. The van der Waals surface area contributed by atoms with Crippen LogP contribution in [0.15, 0.2) is 35.6 Å². The summed E-state index contributed by atoms with van der Waals surface area (Å²) in [6.07, 6.45) is 7.02. The third-order valence-electron chi connectivity index (χ3n) is 4.80. The maximum absolute atomic E-state index is 9.91. The molecular weight excluding hydrogens is 370 g/mol. The normalized spacial score (nSPS) is 20.4. The Kier molecular flexibility index (Phi) is 7.19. The molecule has 0 spiro atoms. The van der Waals surface area contributed by atoms with E-state index < -0.39 is 6.23 Å². The number of nitrogens with two attached hydrogens (primary N) is 3. The minimum absolute atomic E-state index is 0.0669. The summed E-state index contributed by atoms with van der Waals surface area (Å²) < 4.78 is 0. The molecule has 1 unspecified atom stereocenters. The lowest BCUT2D eigenvalue weighted by molar-refractivity contribution is -0.576. The minimum Gasteiger partial charge on any atom is -0.374 e. The Bertz CT molecular complexity index is 855. The molecule has 0 aliphatic heterocycles. The number of aliphatic hydroxyl groups is 1. The number of benzene rings is 1. The molecule has 1 heterocycles. The Balaban J connectivity index is 1.80. The van der Waals surface area contributed by atoms with Gasteiger partial charge in [0, 0.05) is 42.3 Å². The first kappa shape index (κ1) is 20.8. The molecule has 3 rings (SSSR count). The zero-order valence-electron chi connectivity index (χ0n) is 16.1. The van der Waals surface area contributed by atoms with Gasteiger partial charge in [0.15, 0.2) is 5.69 Å². The Labute approximate surface area is 169 Å². The summed E-state index contributed by atoms with van der Waals surface area (Å²) in [4.78, 5) is 8.82. The monoisotopic (exact) mass is 398 g/mol. The predicted octanol–water partition coefficient (Wildman–Crippen LogP) is 0.682. The zero-order valence-corrected chi connectivity index (χ0v) is 16.1. The molecule has 1 aliphatic rings. The van der Waals surface area contributed by atoms with E-state index >= 15 is 0 Å². The summed E-state index contributed by atoms with van der Waals surface area (Å²) in [5.41, 5.74) is 15.5. The molecule has 10 N–H and O–H groups in total. The third-order valence-corrected chi connectivity index (χ3v) is 4.80. The van der Waals surface area contributed by atoms with Crippen LogP contribution in [0, 0.1) is 5.41 Å². The molecule has 0 radical (unpaired) electrons. The highest BCUT2D eigenvalue weighted by atomic mass is 16.3. The number of aliphatic hydroxyl groups excluding tert-OH is 1. The van der Waals surface area contributed by atoms with Crippen molar-refractivity contribution in [2.24, 2.45) is 16.6 Å². The highest BCUT2D eigenvalue weighted by molar-refractivity contribution is 6.14. The average molecular weight is 398 g/mol. The van der Waals surface area contributed by atoms with Crippen LogP contribution in [0.25, 0.3) is 0 Å². The fourth-order valence-electron chi connectivity index (χ4n) is 3.29. The molecule has 154 valence electrons. The number of nitrogens with one attached hydrogen (secondary N) is 3. The Morgan fingerprint density at radius 2 is 2.17 bits per heavy atom. The van der Waals surface area contributed by atoms with E-state index in [0.29, 0.717) is 17.3 Å². The molecule has 10 nitrogen and oxygen atoms in total. The van der Waals surface area contributed by atoms with E-state index in [1.54, 1.807) is 5.43 Å². The standard InChI is InChI=1S/C19H27N9O/c20-8-9-24-28-13-5-3-4-12(10-13)25-18-14(17(22)29)11-23-19(27-18)26-16-7-2-1-6-15(16)21/h3-5,8-11,15-17,20,28-29H,1-2,6-7,21-22H2,(H2,23,25,26,27)/p+1/b20-8?,24-9-/t15-,16+,17?/m0/s1. The summed E-state index contributed by atoms with van der Waals surface area (Å²) in [6.45, 7) is 0. The maximum atomic E-state index is 9.91. The van der Waals surface area contributed by atoms with Crippen LogP contribution in [0.3, 0.4) is 0 Å². The van der Waals surface area contributed by atoms with E-state index in [4.69, 9.17) is 16.9 Å². The van der Waals surface area contributed by atoms with Gasteiger partial charge in [-0.2, -0.15) is 10.4 Å². The van der Waals surface area contributed by atoms with Gasteiger partial charge in [-0.15, -0.1) is 0 Å².